The van der Waals surface area contributed by atoms with Gasteiger partial charge >= 0.3 is 6.03 Å². The van der Waals surface area contributed by atoms with Gasteiger partial charge in [-0.25, -0.2) is 4.79 Å². The number of anilines is 1. The van der Waals surface area contributed by atoms with Crippen LogP contribution in [-0.2, 0) is 0 Å². The molecule has 0 bridgehead atoms. The molecule has 2 heterocycles. The summed E-state index contributed by atoms with van der Waals surface area (Å²) in [5, 5.41) is 3.02. The molecule has 2 aliphatic rings. The lowest BCUT2D eigenvalue weighted by molar-refractivity contribution is 0.0746. The fourth-order valence-corrected chi connectivity index (χ4v) is 4.65. The molecule has 0 unspecified atom stereocenters. The van der Waals surface area contributed by atoms with Crippen molar-refractivity contribution in [3.63, 3.8) is 0 Å². The Bertz CT molecular complexity index is 704. The number of nitrogens with zero attached hydrogens (tertiary/aromatic N) is 2. The van der Waals surface area contributed by atoms with Crippen molar-refractivity contribution in [3.05, 3.63) is 60.4 Å². The molecule has 1 aliphatic heterocycles. The van der Waals surface area contributed by atoms with Crippen LogP contribution in [0.5, 0.6) is 0 Å². The Kier molecular flexibility index (Phi) is 4.68. The fraction of sp³-hybridized carbons (Fsp3) is 0.429. The topological polar surface area (TPSA) is 45.2 Å². The van der Waals surface area contributed by atoms with Gasteiger partial charge in [-0.2, -0.15) is 0 Å². The van der Waals surface area contributed by atoms with Gasteiger partial charge in [0.2, 0.25) is 0 Å². The Morgan fingerprint density at radius 2 is 1.88 bits per heavy atom. The van der Waals surface area contributed by atoms with Crippen molar-refractivity contribution in [2.45, 2.75) is 44.1 Å². The van der Waals surface area contributed by atoms with E-state index in [-0.39, 0.29) is 6.03 Å². The molecule has 4 heteroatoms. The molecular formula is C21H25N3O. The third kappa shape index (κ3) is 3.39. The third-order valence-electron chi connectivity index (χ3n) is 5.78. The molecule has 3 atom stereocenters. The number of likely N-dealkylation sites (tertiary alicyclic amines) is 1. The van der Waals surface area contributed by atoms with Crippen molar-refractivity contribution in [2.75, 3.05) is 11.9 Å². The summed E-state index contributed by atoms with van der Waals surface area (Å²) in [6.07, 6.45) is 9.31. The van der Waals surface area contributed by atoms with Gasteiger partial charge in [-0.05, 0) is 48.8 Å². The summed E-state index contributed by atoms with van der Waals surface area (Å²) in [5.41, 5.74) is 2.21. The maximum absolute atomic E-state index is 12.9. The summed E-state index contributed by atoms with van der Waals surface area (Å²) in [5.74, 6) is 1.15. The predicted octanol–water partition coefficient (Wildman–Crippen LogP) is 4.66. The number of piperidine rings is 1. The molecular weight excluding hydrogens is 310 g/mol. The van der Waals surface area contributed by atoms with Crippen molar-refractivity contribution in [1.82, 2.24) is 9.88 Å². The van der Waals surface area contributed by atoms with Gasteiger partial charge in [0.1, 0.15) is 0 Å². The number of aromatic nitrogens is 1. The van der Waals surface area contributed by atoms with E-state index < -0.39 is 0 Å². The van der Waals surface area contributed by atoms with Gasteiger partial charge in [0.25, 0.3) is 0 Å². The SMILES string of the molecule is O=C(Nc1cccnc1)N1CC[C@H](c2ccccc2)[C@H]2CCCC[C@H]21. The Morgan fingerprint density at radius 3 is 2.68 bits per heavy atom. The molecule has 1 aromatic heterocycles. The van der Waals surface area contributed by atoms with Crippen LogP contribution in [0.2, 0.25) is 0 Å². The molecule has 130 valence electrons. The van der Waals surface area contributed by atoms with E-state index in [0.717, 1.165) is 25.1 Å². The lowest BCUT2D eigenvalue weighted by Crippen LogP contribution is -2.53. The number of carbonyl (C=O) groups excluding carboxylic acids is 1. The van der Waals surface area contributed by atoms with E-state index in [4.69, 9.17) is 0 Å². The minimum absolute atomic E-state index is 0.0245. The number of hydrogen-bond acceptors (Lipinski definition) is 2. The molecule has 0 radical (unpaired) electrons. The third-order valence-corrected chi connectivity index (χ3v) is 5.78. The first-order chi connectivity index (χ1) is 12.3. The number of amides is 2. The minimum Gasteiger partial charge on any atom is -0.321 e. The van der Waals surface area contributed by atoms with Crippen LogP contribution in [-0.4, -0.2) is 28.5 Å². The fourth-order valence-electron chi connectivity index (χ4n) is 4.65. The first-order valence-electron chi connectivity index (χ1n) is 9.35. The van der Waals surface area contributed by atoms with E-state index in [1.807, 2.05) is 12.1 Å². The van der Waals surface area contributed by atoms with Gasteiger partial charge in [-0.15, -0.1) is 0 Å². The molecule has 4 nitrogen and oxygen atoms in total. The van der Waals surface area contributed by atoms with Crippen LogP contribution in [0.4, 0.5) is 10.5 Å². The van der Waals surface area contributed by atoms with Gasteiger partial charge < -0.3 is 10.2 Å². The zero-order valence-corrected chi connectivity index (χ0v) is 14.5. The lowest BCUT2D eigenvalue weighted by atomic mass is 9.69. The van der Waals surface area contributed by atoms with Crippen molar-refractivity contribution in [3.8, 4) is 0 Å². The van der Waals surface area contributed by atoms with Gasteiger partial charge in [0, 0.05) is 18.8 Å². The first-order valence-corrected chi connectivity index (χ1v) is 9.35. The van der Waals surface area contributed by atoms with E-state index in [1.54, 1.807) is 12.4 Å². The summed E-state index contributed by atoms with van der Waals surface area (Å²) in [7, 11) is 0. The molecule has 2 amide bonds. The van der Waals surface area contributed by atoms with Crippen molar-refractivity contribution >= 4 is 11.7 Å². The van der Waals surface area contributed by atoms with Crippen LogP contribution < -0.4 is 5.32 Å². The molecule has 1 aromatic carbocycles. The van der Waals surface area contributed by atoms with Crippen molar-refractivity contribution < 1.29 is 4.79 Å². The highest BCUT2D eigenvalue weighted by atomic mass is 16.2. The Labute approximate surface area is 149 Å². The highest BCUT2D eigenvalue weighted by Gasteiger charge is 2.41. The van der Waals surface area contributed by atoms with Crippen LogP contribution >= 0.6 is 0 Å². The highest BCUT2D eigenvalue weighted by Crippen LogP contribution is 2.44. The predicted molar refractivity (Wildman–Crippen MR) is 99.5 cm³/mol. The molecule has 1 saturated heterocycles. The van der Waals surface area contributed by atoms with Gasteiger partial charge in [-0.1, -0.05) is 43.2 Å². The second-order valence-corrected chi connectivity index (χ2v) is 7.19. The lowest BCUT2D eigenvalue weighted by Gasteiger charge is -2.48. The largest absolute Gasteiger partial charge is 0.322 e. The maximum Gasteiger partial charge on any atom is 0.322 e. The summed E-state index contributed by atoms with van der Waals surface area (Å²) in [6, 6.07) is 15.0. The number of fused-ring (bicyclic) bond motifs is 1. The van der Waals surface area contributed by atoms with Crippen molar-refractivity contribution in [1.29, 1.82) is 0 Å². The summed E-state index contributed by atoms with van der Waals surface area (Å²) in [4.78, 5) is 19.0. The molecule has 1 N–H and O–H groups in total. The number of carbonyl (C=O) groups is 1. The minimum atomic E-state index is 0.0245. The van der Waals surface area contributed by atoms with Crippen molar-refractivity contribution in [2.24, 2.45) is 5.92 Å². The second kappa shape index (κ2) is 7.26. The van der Waals surface area contributed by atoms with Gasteiger partial charge in [0.15, 0.2) is 0 Å². The van der Waals surface area contributed by atoms with Crippen LogP contribution in [0.15, 0.2) is 54.9 Å². The summed E-state index contributed by atoms with van der Waals surface area (Å²) < 4.78 is 0. The molecule has 1 saturated carbocycles. The number of pyridine rings is 1. The van der Waals surface area contributed by atoms with Crippen LogP contribution in [0.3, 0.4) is 0 Å². The van der Waals surface area contributed by atoms with E-state index >= 15 is 0 Å². The number of rotatable bonds is 2. The van der Waals surface area contributed by atoms with E-state index in [1.165, 1.54) is 24.8 Å². The molecule has 4 rings (SSSR count). The normalized spacial score (nSPS) is 25.9. The summed E-state index contributed by atoms with van der Waals surface area (Å²) in [6.45, 7) is 0.826. The van der Waals surface area contributed by atoms with E-state index in [9.17, 15) is 4.79 Å². The smallest absolute Gasteiger partial charge is 0.321 e. The molecule has 25 heavy (non-hydrogen) atoms. The molecule has 2 fully saturated rings. The Morgan fingerprint density at radius 1 is 1.04 bits per heavy atom. The molecule has 0 spiro atoms. The van der Waals surface area contributed by atoms with Gasteiger partial charge in [-0.3, -0.25) is 4.98 Å². The highest BCUT2D eigenvalue weighted by molar-refractivity contribution is 5.89. The number of urea groups is 1. The maximum atomic E-state index is 12.9. The Balaban J connectivity index is 1.52. The van der Waals surface area contributed by atoms with Crippen LogP contribution in [0.1, 0.15) is 43.6 Å². The van der Waals surface area contributed by atoms with Crippen LogP contribution in [0.25, 0.3) is 0 Å². The zero-order chi connectivity index (χ0) is 17.1. The number of benzene rings is 1. The quantitative estimate of drug-likeness (QED) is 0.867. The number of nitrogens with one attached hydrogen (secondary N) is 1. The zero-order valence-electron chi connectivity index (χ0n) is 14.5. The van der Waals surface area contributed by atoms with E-state index in [2.05, 4.69) is 45.5 Å². The number of hydrogen-bond donors (Lipinski definition) is 1. The van der Waals surface area contributed by atoms with Crippen LogP contribution in [0, 0.1) is 5.92 Å². The molecule has 1 aliphatic carbocycles. The summed E-state index contributed by atoms with van der Waals surface area (Å²) >= 11 is 0. The first kappa shape index (κ1) is 16.1. The average molecular weight is 335 g/mol. The Hall–Kier alpha value is -2.36. The van der Waals surface area contributed by atoms with Gasteiger partial charge in [0.05, 0.1) is 11.9 Å². The average Bonchev–Trinajstić information content (AvgIpc) is 2.68. The monoisotopic (exact) mass is 335 g/mol. The molecule has 2 aromatic rings. The van der Waals surface area contributed by atoms with E-state index in [0.29, 0.717) is 17.9 Å². The second-order valence-electron chi connectivity index (χ2n) is 7.19. The standard InChI is InChI=1S/C21H25N3O/c25-21(23-17-9-6-13-22-15-17)24-14-12-18(16-7-2-1-3-8-16)19-10-4-5-11-20(19)24/h1-3,6-9,13,15,18-20H,4-5,10-12,14H2,(H,23,25)/t18-,19-,20-/m1/s1.